The van der Waals surface area contributed by atoms with Crippen molar-refractivity contribution in [3.8, 4) is 0 Å². The van der Waals surface area contributed by atoms with Gasteiger partial charge in [-0.15, -0.1) is 0 Å². The van der Waals surface area contributed by atoms with Gasteiger partial charge in [0.15, 0.2) is 0 Å². The van der Waals surface area contributed by atoms with E-state index in [1.165, 1.54) is 15.9 Å². The Hall–Kier alpha value is -0.533. The van der Waals surface area contributed by atoms with Gasteiger partial charge in [0.25, 0.3) is 0 Å². The Morgan fingerprint density at radius 3 is 0.900 bits per heavy atom. The summed E-state index contributed by atoms with van der Waals surface area (Å²) >= 11 is 0. The molecule has 0 spiro atoms. The molecule has 0 aliphatic rings. The second-order valence-electron chi connectivity index (χ2n) is 4.34. The Balaban J connectivity index is 0.00000147. The van der Waals surface area contributed by atoms with Gasteiger partial charge in [-0.05, 0) is 23.8 Å². The zero-order valence-electron chi connectivity index (χ0n) is 11.1. The fraction of sp³-hybridized carbons (Fsp3) is 0. The Kier molecular flexibility index (Phi) is 6.37. The zero-order chi connectivity index (χ0) is 12.9. The molecule has 20 heavy (non-hydrogen) atoms. The molecule has 0 bridgehead atoms. The fourth-order valence-electron chi connectivity index (χ4n) is 2.18. The van der Waals surface area contributed by atoms with Crippen molar-refractivity contribution in [2.75, 3.05) is 0 Å². The minimum atomic E-state index is -0.446. The standard InChI is InChI=1S/C18H15P.Ce/c1-4-10-16(11-5-1)19(17-12-6-2-7-13-17)18-14-8-3-9-15-18;/h1-15H;. The summed E-state index contributed by atoms with van der Waals surface area (Å²) in [6.45, 7) is 0. The van der Waals surface area contributed by atoms with Crippen molar-refractivity contribution in [3.63, 3.8) is 0 Å². The third-order valence-corrected chi connectivity index (χ3v) is 5.49. The van der Waals surface area contributed by atoms with Crippen LogP contribution in [0, 0.1) is 41.7 Å². The summed E-state index contributed by atoms with van der Waals surface area (Å²) in [4.78, 5) is 0. The predicted molar refractivity (Wildman–Crippen MR) is 85.1 cm³/mol. The molecule has 0 aliphatic heterocycles. The van der Waals surface area contributed by atoms with Gasteiger partial charge in [-0.3, -0.25) is 0 Å². The van der Waals surface area contributed by atoms with Crippen LogP contribution in [0.3, 0.4) is 0 Å². The molecule has 0 amide bonds. The quantitative estimate of drug-likeness (QED) is 0.589. The van der Waals surface area contributed by atoms with Crippen molar-refractivity contribution in [1.29, 1.82) is 0 Å². The molecular formula is C18H15CeP. The van der Waals surface area contributed by atoms with E-state index < -0.39 is 7.92 Å². The van der Waals surface area contributed by atoms with Crippen molar-refractivity contribution < 1.29 is 41.7 Å². The van der Waals surface area contributed by atoms with Gasteiger partial charge in [0, 0.05) is 41.7 Å². The summed E-state index contributed by atoms with van der Waals surface area (Å²) in [7, 11) is -0.446. The molecule has 0 saturated carbocycles. The summed E-state index contributed by atoms with van der Waals surface area (Å²) in [5, 5.41) is 4.19. The van der Waals surface area contributed by atoms with Gasteiger partial charge in [-0.25, -0.2) is 0 Å². The average Bonchev–Trinajstić information content (AvgIpc) is 2.51. The normalized spacial score (nSPS) is 10.1. The monoisotopic (exact) mass is 402 g/mol. The molecule has 0 radical (unpaired) electrons. The maximum absolute atomic E-state index is 2.23. The largest absolute Gasteiger partial charge is 0.0622 e. The topological polar surface area (TPSA) is 0 Å². The average molecular weight is 402 g/mol. The summed E-state index contributed by atoms with van der Waals surface area (Å²) in [6, 6.07) is 32.3. The first-order chi connectivity index (χ1) is 9.45. The number of hydrogen-bond acceptors (Lipinski definition) is 0. The second-order valence-corrected chi connectivity index (χ2v) is 6.56. The molecule has 0 nitrogen and oxygen atoms in total. The number of hydrogen-bond donors (Lipinski definition) is 0. The molecule has 2 heteroatoms. The van der Waals surface area contributed by atoms with Crippen LogP contribution in [0.15, 0.2) is 91.0 Å². The Morgan fingerprint density at radius 1 is 0.400 bits per heavy atom. The number of benzene rings is 3. The van der Waals surface area contributed by atoms with E-state index in [9.17, 15) is 0 Å². The minimum absolute atomic E-state index is 0. The van der Waals surface area contributed by atoms with Crippen LogP contribution < -0.4 is 15.9 Å². The van der Waals surface area contributed by atoms with E-state index in [2.05, 4.69) is 91.0 Å². The van der Waals surface area contributed by atoms with E-state index in [-0.39, 0.29) is 41.7 Å². The summed E-state index contributed by atoms with van der Waals surface area (Å²) in [6.07, 6.45) is 0. The van der Waals surface area contributed by atoms with Crippen LogP contribution in [-0.4, -0.2) is 0 Å². The van der Waals surface area contributed by atoms with Gasteiger partial charge in [-0.1, -0.05) is 91.0 Å². The van der Waals surface area contributed by atoms with Crippen LogP contribution >= 0.6 is 7.92 Å². The van der Waals surface area contributed by atoms with Crippen LogP contribution in [0.4, 0.5) is 0 Å². The van der Waals surface area contributed by atoms with Gasteiger partial charge >= 0.3 is 0 Å². The van der Waals surface area contributed by atoms with Crippen molar-refractivity contribution >= 4 is 23.8 Å². The van der Waals surface area contributed by atoms with Crippen molar-refractivity contribution in [2.24, 2.45) is 0 Å². The van der Waals surface area contributed by atoms with Crippen molar-refractivity contribution in [3.05, 3.63) is 91.0 Å². The van der Waals surface area contributed by atoms with Gasteiger partial charge in [0.05, 0.1) is 0 Å². The zero-order valence-corrected chi connectivity index (χ0v) is 15.1. The Labute approximate surface area is 155 Å². The van der Waals surface area contributed by atoms with Crippen LogP contribution in [0.2, 0.25) is 0 Å². The molecule has 0 saturated heterocycles. The molecule has 3 aromatic carbocycles. The van der Waals surface area contributed by atoms with E-state index in [1.54, 1.807) is 0 Å². The van der Waals surface area contributed by atoms with Crippen LogP contribution in [0.25, 0.3) is 0 Å². The third kappa shape index (κ3) is 3.77. The van der Waals surface area contributed by atoms with Crippen LogP contribution in [-0.2, 0) is 0 Å². The van der Waals surface area contributed by atoms with Gasteiger partial charge in [0.2, 0.25) is 0 Å². The smallest absolute Gasteiger partial charge is 0 e. The Bertz CT molecular complexity index is 529. The fourth-order valence-corrected chi connectivity index (χ4v) is 4.48. The minimum Gasteiger partial charge on any atom is -0.0622 e. The Morgan fingerprint density at radius 2 is 0.650 bits per heavy atom. The van der Waals surface area contributed by atoms with Gasteiger partial charge in [0.1, 0.15) is 0 Å². The van der Waals surface area contributed by atoms with E-state index in [0.717, 1.165) is 0 Å². The van der Waals surface area contributed by atoms with Crippen molar-refractivity contribution in [2.45, 2.75) is 0 Å². The van der Waals surface area contributed by atoms with E-state index in [0.29, 0.717) is 0 Å². The molecule has 0 aromatic heterocycles. The van der Waals surface area contributed by atoms with Crippen LogP contribution in [0.5, 0.6) is 0 Å². The first kappa shape index (κ1) is 15.8. The maximum atomic E-state index is 2.23. The summed E-state index contributed by atoms with van der Waals surface area (Å²) in [5.74, 6) is 0. The molecule has 0 atom stereocenters. The molecule has 0 unspecified atom stereocenters. The first-order valence-corrected chi connectivity index (χ1v) is 7.74. The van der Waals surface area contributed by atoms with Gasteiger partial charge in [-0.2, -0.15) is 0 Å². The SMILES string of the molecule is [Ce].c1ccc(P(c2ccccc2)c2ccccc2)cc1. The summed E-state index contributed by atoms with van der Waals surface area (Å²) in [5.41, 5.74) is 0. The van der Waals surface area contributed by atoms with Gasteiger partial charge < -0.3 is 0 Å². The molecule has 0 fully saturated rings. The predicted octanol–water partition coefficient (Wildman–Crippen LogP) is 3.44. The molecule has 0 aliphatic carbocycles. The summed E-state index contributed by atoms with van der Waals surface area (Å²) < 4.78 is 0. The van der Waals surface area contributed by atoms with E-state index >= 15 is 0 Å². The number of rotatable bonds is 3. The molecule has 0 heterocycles. The first-order valence-electron chi connectivity index (χ1n) is 6.40. The van der Waals surface area contributed by atoms with E-state index in [4.69, 9.17) is 0 Å². The third-order valence-electron chi connectivity index (χ3n) is 3.04. The maximum Gasteiger partial charge on any atom is 0 e. The van der Waals surface area contributed by atoms with E-state index in [1.807, 2.05) is 0 Å². The molecule has 3 rings (SSSR count). The second kappa shape index (κ2) is 8.04. The molecule has 3 aromatic rings. The molecular weight excluding hydrogens is 387 g/mol. The molecule has 0 N–H and O–H groups in total. The molecule has 96 valence electrons. The van der Waals surface area contributed by atoms with Crippen molar-refractivity contribution in [1.82, 2.24) is 0 Å². The van der Waals surface area contributed by atoms with Crippen LogP contribution in [0.1, 0.15) is 0 Å².